The number of rotatable bonds is 12. The van der Waals surface area contributed by atoms with Gasteiger partial charge in [0.2, 0.25) is 5.52 Å². The van der Waals surface area contributed by atoms with E-state index in [9.17, 15) is 4.79 Å². The van der Waals surface area contributed by atoms with Crippen LogP contribution in [0.25, 0.3) is 21.9 Å². The molecule has 2 heterocycles. The van der Waals surface area contributed by atoms with Crippen molar-refractivity contribution >= 4 is 44.7 Å². The Hall–Kier alpha value is -3.02. The number of thiazole rings is 1. The van der Waals surface area contributed by atoms with E-state index in [1.807, 2.05) is 11.3 Å². The number of hydrogen-bond donors (Lipinski definition) is 1. The topological polar surface area (TPSA) is 36.2 Å². The Labute approximate surface area is 213 Å². The molecule has 1 aliphatic rings. The summed E-state index contributed by atoms with van der Waals surface area (Å²) in [4.78, 5) is 14.3. The van der Waals surface area contributed by atoms with Crippen LogP contribution in [0.4, 0.5) is 5.69 Å². The highest BCUT2D eigenvalue weighted by molar-refractivity contribution is 7.18. The van der Waals surface area contributed by atoms with Crippen molar-refractivity contribution < 1.29 is 9.36 Å². The molecule has 0 radical (unpaired) electrons. The number of allylic oxidation sites excluding steroid dienone is 4. The van der Waals surface area contributed by atoms with Crippen molar-refractivity contribution in [1.82, 2.24) is 5.32 Å². The molecule has 5 heteroatoms. The summed E-state index contributed by atoms with van der Waals surface area (Å²) in [5.74, 6) is 0.328. The number of ketones is 1. The fourth-order valence-corrected chi connectivity index (χ4v) is 5.49. The lowest BCUT2D eigenvalue weighted by molar-refractivity contribution is -0.642. The number of unbranched alkanes of at least 4 members (excludes halogenated alkanes) is 2. The number of fused-ring (bicyclic) bond motifs is 2. The Kier molecular flexibility index (Phi) is 9.04. The SMILES string of the molecule is CCCNCC(=O)CCCCCN1C=CC(=CC=Cc2sc3ccccc3[n+]2C)c2ccccc21. The third kappa shape index (κ3) is 6.56. The zero-order valence-corrected chi connectivity index (χ0v) is 21.7. The third-order valence-corrected chi connectivity index (χ3v) is 7.53. The molecule has 1 N–H and O–H groups in total. The van der Waals surface area contributed by atoms with Gasteiger partial charge < -0.3 is 10.2 Å². The van der Waals surface area contributed by atoms with Crippen LogP contribution in [0.15, 0.2) is 73.0 Å². The summed E-state index contributed by atoms with van der Waals surface area (Å²) in [7, 11) is 2.12. The molecule has 0 aliphatic carbocycles. The molecule has 0 fully saturated rings. The summed E-state index contributed by atoms with van der Waals surface area (Å²) in [6.07, 6.45) is 15.8. The summed E-state index contributed by atoms with van der Waals surface area (Å²) in [5.41, 5.74) is 5.00. The Bertz CT molecular complexity index is 1240. The number of para-hydroxylation sites is 2. The molecule has 0 unspecified atom stereocenters. The monoisotopic (exact) mass is 486 g/mol. The van der Waals surface area contributed by atoms with Crippen LogP contribution < -0.4 is 14.8 Å². The number of nitrogens with one attached hydrogen (secondary N) is 1. The first-order chi connectivity index (χ1) is 17.2. The first-order valence-corrected chi connectivity index (χ1v) is 13.5. The van der Waals surface area contributed by atoms with Gasteiger partial charge in [0.15, 0.2) is 0 Å². The van der Waals surface area contributed by atoms with Crippen molar-refractivity contribution in [3.05, 3.63) is 83.5 Å². The molecule has 4 nitrogen and oxygen atoms in total. The zero-order chi connectivity index (χ0) is 24.5. The second-order valence-electron chi connectivity index (χ2n) is 9.00. The number of benzene rings is 2. The van der Waals surface area contributed by atoms with Crippen LogP contribution in [0.2, 0.25) is 0 Å². The minimum atomic E-state index is 0.328. The summed E-state index contributed by atoms with van der Waals surface area (Å²) in [6.45, 7) is 4.52. The normalized spacial score (nSPS) is 14.3. The number of Topliss-reactive ketones (excluding diaryl/α,β-unsaturated/α-hetero) is 1. The Morgan fingerprint density at radius 2 is 1.91 bits per heavy atom. The van der Waals surface area contributed by atoms with E-state index < -0.39 is 0 Å². The van der Waals surface area contributed by atoms with E-state index in [0.29, 0.717) is 18.7 Å². The highest BCUT2D eigenvalue weighted by Gasteiger charge is 2.16. The summed E-state index contributed by atoms with van der Waals surface area (Å²) < 4.78 is 3.55. The fourth-order valence-electron chi connectivity index (χ4n) is 4.42. The predicted octanol–water partition coefficient (Wildman–Crippen LogP) is 6.29. The van der Waals surface area contributed by atoms with Crippen molar-refractivity contribution in [2.45, 2.75) is 39.0 Å². The molecular weight excluding hydrogens is 450 g/mol. The summed E-state index contributed by atoms with van der Waals surface area (Å²) >= 11 is 1.81. The van der Waals surface area contributed by atoms with E-state index in [1.165, 1.54) is 32.0 Å². The highest BCUT2D eigenvalue weighted by atomic mass is 32.1. The second kappa shape index (κ2) is 12.6. The minimum absolute atomic E-state index is 0.328. The smallest absolute Gasteiger partial charge is 0.262 e. The number of aromatic nitrogens is 1. The van der Waals surface area contributed by atoms with Crippen LogP contribution in [0, 0.1) is 0 Å². The molecule has 3 aromatic rings. The molecule has 1 aromatic heterocycles. The first kappa shape index (κ1) is 25.1. The fraction of sp³-hybridized carbons (Fsp3) is 0.333. The van der Waals surface area contributed by atoms with Crippen molar-refractivity contribution in [3.8, 4) is 0 Å². The summed E-state index contributed by atoms with van der Waals surface area (Å²) in [5, 5.41) is 4.43. The maximum atomic E-state index is 11.9. The molecule has 4 rings (SSSR count). The second-order valence-corrected chi connectivity index (χ2v) is 10.1. The van der Waals surface area contributed by atoms with Crippen molar-refractivity contribution in [2.24, 2.45) is 7.05 Å². The van der Waals surface area contributed by atoms with Crippen LogP contribution in [0.5, 0.6) is 0 Å². The Morgan fingerprint density at radius 1 is 1.09 bits per heavy atom. The molecular formula is C30H36N3OS+. The maximum Gasteiger partial charge on any atom is 0.262 e. The van der Waals surface area contributed by atoms with E-state index in [-0.39, 0.29) is 0 Å². The molecule has 0 bridgehead atoms. The van der Waals surface area contributed by atoms with Crippen molar-refractivity contribution in [1.29, 1.82) is 0 Å². The lowest BCUT2D eigenvalue weighted by Gasteiger charge is -2.27. The highest BCUT2D eigenvalue weighted by Crippen LogP contribution is 2.33. The number of anilines is 1. The molecule has 2 aromatic carbocycles. The van der Waals surface area contributed by atoms with Crippen LogP contribution in [0.1, 0.15) is 49.6 Å². The van der Waals surface area contributed by atoms with Crippen molar-refractivity contribution in [2.75, 3.05) is 24.5 Å². The van der Waals surface area contributed by atoms with Gasteiger partial charge in [-0.15, -0.1) is 0 Å². The standard InChI is InChI=1S/C30H36N3OS/c1-3-20-31-23-25(34)13-5-4-10-21-33-22-19-24(26-14-6-7-15-27(26)33)12-11-18-30-32(2)28-16-8-9-17-29(28)35-30/h6-9,11-12,14-19,22,31H,3-5,10,13,20-21,23H2,1-2H3/q+1. The average Bonchev–Trinajstić information content (AvgIpc) is 3.20. The maximum absolute atomic E-state index is 11.9. The van der Waals surface area contributed by atoms with Gasteiger partial charge in [-0.3, -0.25) is 4.79 Å². The van der Waals surface area contributed by atoms with Gasteiger partial charge >= 0.3 is 0 Å². The van der Waals surface area contributed by atoms with Gasteiger partial charge in [-0.1, -0.05) is 67.2 Å². The number of carbonyl (C=O) groups is 1. The van der Waals surface area contributed by atoms with E-state index >= 15 is 0 Å². The molecule has 182 valence electrons. The number of hydrogen-bond acceptors (Lipinski definition) is 4. The van der Waals surface area contributed by atoms with Crippen LogP contribution >= 0.6 is 11.3 Å². The van der Waals surface area contributed by atoms with E-state index in [4.69, 9.17) is 0 Å². The first-order valence-electron chi connectivity index (χ1n) is 12.7. The molecule has 0 saturated heterocycles. The molecule has 0 spiro atoms. The molecule has 0 saturated carbocycles. The lowest BCUT2D eigenvalue weighted by atomic mass is 9.99. The minimum Gasteiger partial charge on any atom is -0.347 e. The largest absolute Gasteiger partial charge is 0.347 e. The zero-order valence-electron chi connectivity index (χ0n) is 20.9. The van der Waals surface area contributed by atoms with E-state index in [2.05, 4.69) is 108 Å². The van der Waals surface area contributed by atoms with Gasteiger partial charge in [0.05, 0.1) is 6.54 Å². The van der Waals surface area contributed by atoms with Crippen molar-refractivity contribution in [3.63, 3.8) is 0 Å². The number of aryl methyl sites for hydroxylation is 1. The number of carbonyl (C=O) groups excluding carboxylic acids is 1. The average molecular weight is 487 g/mol. The number of nitrogens with zero attached hydrogens (tertiary/aromatic N) is 2. The molecule has 1 aliphatic heterocycles. The Morgan fingerprint density at radius 3 is 2.77 bits per heavy atom. The molecule has 0 atom stereocenters. The van der Waals surface area contributed by atoms with Gasteiger partial charge in [-0.25, -0.2) is 0 Å². The Balaban J connectivity index is 1.34. The van der Waals surface area contributed by atoms with Crippen LogP contribution in [-0.4, -0.2) is 25.4 Å². The lowest BCUT2D eigenvalue weighted by Crippen LogP contribution is -2.28. The van der Waals surface area contributed by atoms with Gasteiger partial charge in [0, 0.05) is 42.6 Å². The van der Waals surface area contributed by atoms with Gasteiger partial charge in [-0.2, -0.15) is 4.57 Å². The summed E-state index contributed by atoms with van der Waals surface area (Å²) in [6, 6.07) is 17.1. The van der Waals surface area contributed by atoms with Gasteiger partial charge in [0.25, 0.3) is 5.01 Å². The predicted molar refractivity (Wildman–Crippen MR) is 150 cm³/mol. The molecule has 0 amide bonds. The van der Waals surface area contributed by atoms with E-state index in [1.54, 1.807) is 0 Å². The van der Waals surface area contributed by atoms with Gasteiger partial charge in [0.1, 0.15) is 17.5 Å². The van der Waals surface area contributed by atoms with Gasteiger partial charge in [-0.05, 0) is 49.6 Å². The van der Waals surface area contributed by atoms with E-state index in [0.717, 1.165) is 38.8 Å². The van der Waals surface area contributed by atoms with Crippen LogP contribution in [-0.2, 0) is 11.8 Å². The van der Waals surface area contributed by atoms with Crippen LogP contribution in [0.3, 0.4) is 0 Å². The third-order valence-electron chi connectivity index (χ3n) is 6.35. The quantitative estimate of drug-likeness (QED) is 0.242. The molecule has 35 heavy (non-hydrogen) atoms.